The molecule has 138 valence electrons. The quantitative estimate of drug-likeness (QED) is 0.534. The van der Waals surface area contributed by atoms with Crippen LogP contribution in [-0.4, -0.2) is 65.4 Å². The van der Waals surface area contributed by atoms with Gasteiger partial charge < -0.3 is 9.64 Å². The van der Waals surface area contributed by atoms with E-state index in [-0.39, 0.29) is 0 Å². The first-order valence-electron chi connectivity index (χ1n) is 8.96. The predicted octanol–water partition coefficient (Wildman–Crippen LogP) is 1.05. The number of nitrogens with zero attached hydrogens (tertiary/aromatic N) is 9. The first-order chi connectivity index (χ1) is 13.3. The largest absolute Gasteiger partial charge is 0.378 e. The Balaban J connectivity index is 1.77. The Bertz CT molecular complexity index is 1050. The van der Waals surface area contributed by atoms with E-state index < -0.39 is 0 Å². The van der Waals surface area contributed by atoms with Gasteiger partial charge in [-0.3, -0.25) is 4.57 Å². The van der Waals surface area contributed by atoms with Gasteiger partial charge in [-0.15, -0.1) is 0 Å². The number of aromatic nitrogens is 8. The number of anilines is 1. The van der Waals surface area contributed by atoms with Gasteiger partial charge in [0.15, 0.2) is 17.0 Å². The molecule has 0 bridgehead atoms. The van der Waals surface area contributed by atoms with Gasteiger partial charge in [0, 0.05) is 44.4 Å². The van der Waals surface area contributed by atoms with Crippen LogP contribution in [0.15, 0.2) is 36.9 Å². The smallest absolute Gasteiger partial charge is 0.254 e. The molecule has 4 aromatic heterocycles. The number of hydrogen-bond acceptors (Lipinski definition) is 7. The molecule has 0 amide bonds. The standard InChI is InChI=1S/C17H19N9O/c1-2-24-15-13(20-17(24)26-8-4-6-19-26)14(23-9-11-27-12-10-23)21-16(22-15)25-7-3-5-18-25/h3-8H,2,9-12H2,1H3. The van der Waals surface area contributed by atoms with Crippen molar-refractivity contribution in [1.29, 1.82) is 0 Å². The van der Waals surface area contributed by atoms with E-state index >= 15 is 0 Å². The van der Waals surface area contributed by atoms with Crippen LogP contribution >= 0.6 is 0 Å². The molecule has 0 radical (unpaired) electrons. The maximum atomic E-state index is 5.50. The Labute approximate surface area is 155 Å². The minimum absolute atomic E-state index is 0.524. The van der Waals surface area contributed by atoms with E-state index in [0.29, 0.717) is 25.7 Å². The van der Waals surface area contributed by atoms with Gasteiger partial charge in [-0.1, -0.05) is 0 Å². The SMILES string of the molecule is CCn1c(-n2cccn2)nc2c(N3CCOCC3)nc(-n3cccn3)nc21. The first-order valence-corrected chi connectivity index (χ1v) is 8.96. The normalized spacial score (nSPS) is 14.9. The summed E-state index contributed by atoms with van der Waals surface area (Å²) in [7, 11) is 0. The summed E-state index contributed by atoms with van der Waals surface area (Å²) < 4.78 is 11.0. The summed E-state index contributed by atoms with van der Waals surface area (Å²) in [5.74, 6) is 2.05. The van der Waals surface area contributed by atoms with Crippen LogP contribution in [0.1, 0.15) is 6.92 Å². The third-order valence-electron chi connectivity index (χ3n) is 4.59. The second kappa shape index (κ2) is 6.47. The van der Waals surface area contributed by atoms with Crippen molar-refractivity contribution in [2.75, 3.05) is 31.2 Å². The summed E-state index contributed by atoms with van der Waals surface area (Å²) in [5.41, 5.74) is 1.53. The van der Waals surface area contributed by atoms with Crippen molar-refractivity contribution in [3.8, 4) is 11.9 Å². The molecule has 0 saturated carbocycles. The zero-order valence-electron chi connectivity index (χ0n) is 14.9. The molecule has 1 saturated heterocycles. The second-order valence-corrected chi connectivity index (χ2v) is 6.18. The van der Waals surface area contributed by atoms with E-state index in [1.54, 1.807) is 21.8 Å². The lowest BCUT2D eigenvalue weighted by Gasteiger charge is -2.28. The van der Waals surface area contributed by atoms with Crippen LogP contribution in [0.5, 0.6) is 0 Å². The highest BCUT2D eigenvalue weighted by Crippen LogP contribution is 2.27. The molecular formula is C17H19N9O. The molecule has 27 heavy (non-hydrogen) atoms. The van der Waals surface area contributed by atoms with Crippen molar-refractivity contribution in [3.63, 3.8) is 0 Å². The van der Waals surface area contributed by atoms with E-state index in [0.717, 1.165) is 36.0 Å². The van der Waals surface area contributed by atoms with E-state index in [4.69, 9.17) is 19.7 Å². The lowest BCUT2D eigenvalue weighted by Crippen LogP contribution is -2.37. The van der Waals surface area contributed by atoms with Crippen molar-refractivity contribution in [2.45, 2.75) is 13.5 Å². The monoisotopic (exact) mass is 365 g/mol. The molecule has 10 nitrogen and oxygen atoms in total. The van der Waals surface area contributed by atoms with Gasteiger partial charge in [-0.25, -0.2) is 14.3 Å². The minimum Gasteiger partial charge on any atom is -0.378 e. The van der Waals surface area contributed by atoms with Crippen LogP contribution in [0.25, 0.3) is 23.1 Å². The fourth-order valence-electron chi connectivity index (χ4n) is 3.30. The van der Waals surface area contributed by atoms with Crippen LogP contribution < -0.4 is 4.90 Å². The molecule has 1 fully saturated rings. The van der Waals surface area contributed by atoms with Crippen molar-refractivity contribution >= 4 is 17.0 Å². The van der Waals surface area contributed by atoms with E-state index in [2.05, 4.69) is 22.0 Å². The fraction of sp³-hybridized carbons (Fsp3) is 0.353. The maximum Gasteiger partial charge on any atom is 0.254 e. The highest BCUT2D eigenvalue weighted by atomic mass is 16.5. The highest BCUT2D eigenvalue weighted by Gasteiger charge is 2.23. The summed E-state index contributed by atoms with van der Waals surface area (Å²) >= 11 is 0. The molecule has 0 unspecified atom stereocenters. The van der Waals surface area contributed by atoms with Crippen LogP contribution in [0, 0.1) is 0 Å². The van der Waals surface area contributed by atoms with Crippen LogP contribution in [-0.2, 0) is 11.3 Å². The van der Waals surface area contributed by atoms with E-state index in [1.807, 2.05) is 29.1 Å². The molecule has 0 atom stereocenters. The number of hydrogen-bond donors (Lipinski definition) is 0. The maximum absolute atomic E-state index is 5.50. The molecule has 1 aliphatic rings. The molecule has 0 N–H and O–H groups in total. The Morgan fingerprint density at radius 1 is 0.963 bits per heavy atom. The topological polar surface area (TPSA) is 91.7 Å². The van der Waals surface area contributed by atoms with Gasteiger partial charge in [0.05, 0.1) is 13.2 Å². The number of imidazole rings is 1. The molecule has 5 heterocycles. The Morgan fingerprint density at radius 2 is 1.70 bits per heavy atom. The number of rotatable bonds is 4. The summed E-state index contributed by atoms with van der Waals surface area (Å²) in [4.78, 5) is 16.6. The molecule has 5 rings (SSSR count). The third kappa shape index (κ3) is 2.65. The molecule has 4 aromatic rings. The van der Waals surface area contributed by atoms with Crippen molar-refractivity contribution in [1.82, 2.24) is 39.1 Å². The number of ether oxygens (including phenoxy) is 1. The molecule has 0 spiro atoms. The van der Waals surface area contributed by atoms with Gasteiger partial charge in [-0.2, -0.15) is 20.2 Å². The lowest BCUT2D eigenvalue weighted by molar-refractivity contribution is 0.122. The van der Waals surface area contributed by atoms with E-state index in [9.17, 15) is 0 Å². The number of aryl methyl sites for hydroxylation is 1. The van der Waals surface area contributed by atoms with Gasteiger partial charge in [-0.05, 0) is 19.1 Å². The van der Waals surface area contributed by atoms with E-state index in [1.165, 1.54) is 0 Å². The second-order valence-electron chi connectivity index (χ2n) is 6.18. The molecule has 0 aliphatic carbocycles. The lowest BCUT2D eigenvalue weighted by atomic mass is 10.3. The van der Waals surface area contributed by atoms with Gasteiger partial charge in [0.1, 0.15) is 0 Å². The summed E-state index contributed by atoms with van der Waals surface area (Å²) in [6.07, 6.45) is 7.17. The molecule has 1 aliphatic heterocycles. The van der Waals surface area contributed by atoms with Gasteiger partial charge in [0.2, 0.25) is 5.95 Å². The average molecular weight is 365 g/mol. The van der Waals surface area contributed by atoms with Crippen LogP contribution in [0.2, 0.25) is 0 Å². The Morgan fingerprint density at radius 3 is 2.37 bits per heavy atom. The average Bonchev–Trinajstić information content (AvgIpc) is 3.47. The van der Waals surface area contributed by atoms with Gasteiger partial charge in [0.25, 0.3) is 5.95 Å². The predicted molar refractivity (Wildman–Crippen MR) is 98.3 cm³/mol. The third-order valence-corrected chi connectivity index (χ3v) is 4.59. The van der Waals surface area contributed by atoms with Gasteiger partial charge >= 0.3 is 0 Å². The highest BCUT2D eigenvalue weighted by molar-refractivity contribution is 5.86. The molecule has 10 heteroatoms. The van der Waals surface area contributed by atoms with Crippen LogP contribution in [0.4, 0.5) is 5.82 Å². The zero-order valence-corrected chi connectivity index (χ0v) is 14.9. The minimum atomic E-state index is 0.524. The Kier molecular flexibility index (Phi) is 3.82. The number of morpholine rings is 1. The zero-order chi connectivity index (χ0) is 18.2. The summed E-state index contributed by atoms with van der Waals surface area (Å²) in [5, 5.41) is 8.63. The van der Waals surface area contributed by atoms with Crippen LogP contribution in [0.3, 0.4) is 0 Å². The summed E-state index contributed by atoms with van der Waals surface area (Å²) in [6.45, 7) is 5.65. The molecule has 0 aromatic carbocycles. The number of fused-ring (bicyclic) bond motifs is 1. The summed E-state index contributed by atoms with van der Waals surface area (Å²) in [6, 6.07) is 3.73. The Hall–Kier alpha value is -3.27. The van der Waals surface area contributed by atoms with Crippen molar-refractivity contribution in [3.05, 3.63) is 36.9 Å². The molecular weight excluding hydrogens is 346 g/mol. The first kappa shape index (κ1) is 15.9. The fourth-order valence-corrected chi connectivity index (χ4v) is 3.30. The van der Waals surface area contributed by atoms with Crippen molar-refractivity contribution < 1.29 is 4.74 Å². The van der Waals surface area contributed by atoms with Crippen molar-refractivity contribution in [2.24, 2.45) is 0 Å².